The predicted molar refractivity (Wildman–Crippen MR) is 591 cm³/mol. The summed E-state index contributed by atoms with van der Waals surface area (Å²) < 4.78 is 18.8. The molecule has 16 aromatic carbocycles. The average Bonchev–Trinajstić information content (AvgIpc) is 1.54. The maximum Gasteiger partial charge on any atom is 0.234 e. The molecule has 0 atom stereocenters. The van der Waals surface area contributed by atoms with Crippen LogP contribution >= 0.6 is 0 Å². The largest absolute Gasteiger partial charge is 0.307 e. The summed E-state index contributed by atoms with van der Waals surface area (Å²) in [5, 5.41) is 23.6. The SMILES string of the molecule is c1ccc(-n2c3ccccc3c3c4cccnc4c4c5ccccc5n(-c5ccccn5)c4c32)cc1.c1ccc(-n2c3ccccc3c3c4cccnc4c4c5ccccc5n(-c5cccnc5)c4c32)cc1.c1ccc(-n2c3ccccc3c3c4cccnc4c4c5ccccc5n(-c5ccncc5)c4c32)cc1.c1ccc(-n2c3ccccc3c3c4cccnc4c4c5ccccc5n(-c5ncccn5)c4c32)cc1. The summed E-state index contributed by atoms with van der Waals surface area (Å²) in [6.07, 6.45) is 20.5. The Bertz CT molecular complexity index is 8960. The number of fused-ring (bicyclic) bond motifs is 40. The predicted octanol–water partition coefficient (Wildman–Crippen LogP) is 30.7. The zero-order chi connectivity index (χ0) is 94.6. The van der Waals surface area contributed by atoms with Gasteiger partial charge in [-0.2, -0.15) is 0 Å². The van der Waals surface area contributed by atoms with Gasteiger partial charge in [-0.3, -0.25) is 39.0 Å². The highest BCUT2D eigenvalue weighted by Gasteiger charge is 2.32. The Hall–Kier alpha value is -19.9. The highest BCUT2D eigenvalue weighted by Crippen LogP contribution is 2.53. The molecular weight excluding hydrogens is 1760 g/mol. The molecule has 0 fully saturated rings. The van der Waals surface area contributed by atoms with Crippen LogP contribution in [0.3, 0.4) is 0 Å². The summed E-state index contributed by atoms with van der Waals surface area (Å²) >= 11 is 0. The van der Waals surface area contributed by atoms with Crippen LogP contribution in [-0.2, 0) is 0 Å². The Balaban J connectivity index is 0.0000000913. The normalized spacial score (nSPS) is 11.9. The van der Waals surface area contributed by atoms with Crippen molar-refractivity contribution >= 4 is 218 Å². The molecule has 0 saturated heterocycles. The van der Waals surface area contributed by atoms with Gasteiger partial charge in [0.2, 0.25) is 5.95 Å². The number of hydrogen-bond acceptors (Lipinski definition) is 9. The van der Waals surface area contributed by atoms with Crippen LogP contribution in [-0.4, -0.2) is 81.4 Å². The summed E-state index contributed by atoms with van der Waals surface area (Å²) in [5.41, 5.74) is 29.0. The topological polar surface area (TPSA) is 155 Å². The molecule has 0 aliphatic carbocycles. The van der Waals surface area contributed by atoms with Crippen LogP contribution in [0.4, 0.5) is 0 Å². The van der Waals surface area contributed by atoms with E-state index in [-0.39, 0.29) is 0 Å². The van der Waals surface area contributed by atoms with Crippen molar-refractivity contribution < 1.29 is 0 Å². The summed E-state index contributed by atoms with van der Waals surface area (Å²) in [7, 11) is 0. The van der Waals surface area contributed by atoms with E-state index in [4.69, 9.17) is 24.9 Å². The van der Waals surface area contributed by atoms with Crippen LogP contribution < -0.4 is 0 Å². The second-order valence-corrected chi connectivity index (χ2v) is 36.2. The van der Waals surface area contributed by atoms with E-state index in [0.717, 1.165) is 149 Å². The molecule has 32 rings (SSSR count). The van der Waals surface area contributed by atoms with E-state index in [1.54, 1.807) is 12.4 Å². The highest BCUT2D eigenvalue weighted by molar-refractivity contribution is 6.40. The van der Waals surface area contributed by atoms with E-state index in [1.165, 1.54) is 109 Å². The zero-order valence-corrected chi connectivity index (χ0v) is 77.2. The molecule has 0 unspecified atom stereocenters. The Morgan fingerprint density at radius 2 is 0.361 bits per heavy atom. The first kappa shape index (κ1) is 81.3. The van der Waals surface area contributed by atoms with Crippen LogP contribution in [0.1, 0.15) is 0 Å². The number of hydrogen-bond donors (Lipinski definition) is 0. The Kier molecular flexibility index (Phi) is 18.6. The van der Waals surface area contributed by atoms with Gasteiger partial charge in [0.15, 0.2) is 0 Å². The lowest BCUT2D eigenvalue weighted by Crippen LogP contribution is -2.02. The van der Waals surface area contributed by atoms with Crippen molar-refractivity contribution in [1.29, 1.82) is 0 Å². The average molecular weight is 1840 g/mol. The molecule has 0 amide bonds. The number of rotatable bonds is 8. The molecule has 0 saturated carbocycles. The van der Waals surface area contributed by atoms with Gasteiger partial charge in [-0.15, -0.1) is 0 Å². The maximum atomic E-state index is 4.97. The van der Waals surface area contributed by atoms with Crippen molar-refractivity contribution in [2.24, 2.45) is 0 Å². The number of aromatic nitrogens is 17. The molecule has 16 aromatic heterocycles. The van der Waals surface area contributed by atoms with Gasteiger partial charge in [-0.25, -0.2) is 15.0 Å². The van der Waals surface area contributed by atoms with Gasteiger partial charge in [0.25, 0.3) is 0 Å². The Morgan fingerprint density at radius 1 is 0.132 bits per heavy atom. The van der Waals surface area contributed by atoms with Crippen LogP contribution in [0.15, 0.2) is 481 Å². The first-order chi connectivity index (χ1) is 71.7. The lowest BCUT2D eigenvalue weighted by molar-refractivity contribution is 0.988. The van der Waals surface area contributed by atoms with E-state index in [2.05, 4.69) is 420 Å². The minimum absolute atomic E-state index is 0.644. The van der Waals surface area contributed by atoms with Crippen molar-refractivity contribution in [3.05, 3.63) is 481 Å². The fraction of sp³-hybridized carbons (Fsp3) is 0. The van der Waals surface area contributed by atoms with Crippen molar-refractivity contribution in [2.45, 2.75) is 0 Å². The van der Waals surface area contributed by atoms with Crippen molar-refractivity contribution in [3.63, 3.8) is 0 Å². The lowest BCUT2D eigenvalue weighted by Gasteiger charge is -2.13. The highest BCUT2D eigenvalue weighted by atomic mass is 15.2. The van der Waals surface area contributed by atoms with Gasteiger partial charge in [0.1, 0.15) is 5.82 Å². The molecule has 0 spiro atoms. The molecule has 17 nitrogen and oxygen atoms in total. The van der Waals surface area contributed by atoms with Gasteiger partial charge in [-0.1, -0.05) is 249 Å². The molecule has 0 aliphatic rings. The standard InChI is InChI=1S/3C32H20N4.C31H19N5/c1-2-10-21(11-3-1)35-26-16-6-4-13-23(26)28-25-15-9-19-34-30(25)29-24-14-5-7-17-27(24)36(32(29)31(28)35)22-12-8-18-33-20-22;1-2-11-21(12-3-1)35-25-16-6-4-13-22(25)28-24-15-10-20-34-30(24)29-23-14-5-7-17-26(23)36(32(29)31(28)35)27-18-8-9-19-33-27;1-2-9-21(10-3-1)35-26-14-6-4-11-23(26)28-25-13-8-18-34-30(25)29-24-12-5-7-15-27(24)36(32(29)31(28)35)22-16-19-33-20-17-22;1-2-10-20(11-3-1)35-24-15-6-4-12-21(24)26-23-14-8-17-32-28(23)27-22-13-5-7-16-25(22)36(30(27)29(26)35)31-33-18-9-19-34-31/h3*1-20H;1-19H. The third kappa shape index (κ3) is 12.1. The van der Waals surface area contributed by atoms with Crippen molar-refractivity contribution in [1.82, 2.24) is 81.4 Å². The van der Waals surface area contributed by atoms with E-state index < -0.39 is 0 Å². The third-order valence-electron chi connectivity index (χ3n) is 28.7. The number of para-hydroxylation sites is 12. The van der Waals surface area contributed by atoms with Gasteiger partial charge in [0, 0.05) is 198 Å². The van der Waals surface area contributed by atoms with Crippen molar-refractivity contribution in [2.75, 3.05) is 0 Å². The molecule has 0 bridgehead atoms. The van der Waals surface area contributed by atoms with E-state index in [1.807, 2.05) is 104 Å². The van der Waals surface area contributed by atoms with Crippen LogP contribution in [0.5, 0.6) is 0 Å². The summed E-state index contributed by atoms with van der Waals surface area (Å²) in [5.74, 6) is 1.54. The Labute approximate surface area is 820 Å². The lowest BCUT2D eigenvalue weighted by atomic mass is 10.0. The van der Waals surface area contributed by atoms with Crippen LogP contribution in [0, 0.1) is 0 Å². The number of benzene rings is 16. The Morgan fingerprint density at radius 3 is 0.674 bits per heavy atom. The molecule has 32 aromatic rings. The van der Waals surface area contributed by atoms with Crippen molar-refractivity contribution in [3.8, 4) is 45.9 Å². The molecule has 144 heavy (non-hydrogen) atoms. The first-order valence-corrected chi connectivity index (χ1v) is 48.3. The first-order valence-electron chi connectivity index (χ1n) is 48.3. The van der Waals surface area contributed by atoms with Gasteiger partial charge < -0.3 is 27.4 Å². The molecular formula is C127H79N17. The monoisotopic (exact) mass is 1840 g/mol. The molecule has 0 N–H and O–H groups in total. The van der Waals surface area contributed by atoms with Gasteiger partial charge in [-0.05, 0) is 164 Å². The van der Waals surface area contributed by atoms with E-state index >= 15 is 0 Å². The summed E-state index contributed by atoms with van der Waals surface area (Å²) in [6.45, 7) is 0. The number of nitrogens with zero attached hydrogens (tertiary/aromatic N) is 17. The minimum atomic E-state index is 0.644. The fourth-order valence-corrected chi connectivity index (χ4v) is 23.2. The summed E-state index contributed by atoms with van der Waals surface area (Å²) in [6, 6.07) is 145. The summed E-state index contributed by atoms with van der Waals surface area (Å²) in [4.78, 5) is 42.8. The van der Waals surface area contributed by atoms with Gasteiger partial charge >= 0.3 is 0 Å². The fourth-order valence-electron chi connectivity index (χ4n) is 23.2. The molecule has 17 heteroatoms. The quantitative estimate of drug-likeness (QED) is 0.144. The molecule has 672 valence electrons. The second kappa shape index (κ2) is 32.9. The van der Waals surface area contributed by atoms with Crippen LogP contribution in [0.2, 0.25) is 0 Å². The van der Waals surface area contributed by atoms with Crippen LogP contribution in [0.25, 0.3) is 264 Å². The minimum Gasteiger partial charge on any atom is -0.307 e. The maximum absolute atomic E-state index is 4.97. The molecule has 0 aliphatic heterocycles. The smallest absolute Gasteiger partial charge is 0.234 e. The third-order valence-corrected chi connectivity index (χ3v) is 28.7. The second-order valence-electron chi connectivity index (χ2n) is 36.2. The van der Waals surface area contributed by atoms with E-state index in [0.29, 0.717) is 5.95 Å². The molecule has 0 radical (unpaired) electrons. The number of pyridine rings is 7. The molecule has 16 heterocycles. The zero-order valence-electron chi connectivity index (χ0n) is 77.2. The van der Waals surface area contributed by atoms with E-state index in [9.17, 15) is 0 Å². The van der Waals surface area contributed by atoms with Gasteiger partial charge in [0.05, 0.1) is 122 Å².